The molecule has 5 nitrogen and oxygen atoms in total. The van der Waals surface area contributed by atoms with E-state index in [-0.39, 0.29) is 22.9 Å². The van der Waals surface area contributed by atoms with Crippen LogP contribution in [0.1, 0.15) is 84.6 Å². The van der Waals surface area contributed by atoms with E-state index in [2.05, 4.69) is 31.4 Å². The molecule has 2 aromatic rings. The van der Waals surface area contributed by atoms with E-state index in [1.54, 1.807) is 0 Å². The van der Waals surface area contributed by atoms with E-state index in [0.29, 0.717) is 28.6 Å². The lowest BCUT2D eigenvalue weighted by molar-refractivity contribution is -0.153. The Kier molecular flexibility index (Phi) is 5.45. The summed E-state index contributed by atoms with van der Waals surface area (Å²) in [6.07, 6.45) is 12.3. The second-order valence-electron chi connectivity index (χ2n) is 13.5. The normalized spacial score (nSPS) is 35.3. The maximum atomic E-state index is 13.5. The van der Waals surface area contributed by atoms with E-state index in [0.717, 1.165) is 42.9 Å². The van der Waals surface area contributed by atoms with Crippen molar-refractivity contribution in [3.8, 4) is 0 Å². The highest BCUT2D eigenvalue weighted by atomic mass is 16.1. The Morgan fingerprint density at radius 2 is 1.77 bits per heavy atom. The first-order chi connectivity index (χ1) is 16.7. The third-order valence-corrected chi connectivity index (χ3v) is 10.0. The van der Waals surface area contributed by atoms with Gasteiger partial charge in [-0.1, -0.05) is 19.9 Å². The molecule has 1 aromatic carbocycles. The lowest BCUT2D eigenvalue weighted by atomic mass is 9.40. The van der Waals surface area contributed by atoms with Crippen LogP contribution in [-0.4, -0.2) is 23.6 Å². The highest BCUT2D eigenvalue weighted by molar-refractivity contribution is 6.02. The monoisotopic (exact) mass is 475 g/mol. The molecule has 7 rings (SSSR count). The van der Waals surface area contributed by atoms with E-state index in [1.807, 2.05) is 35.0 Å². The van der Waals surface area contributed by atoms with Gasteiger partial charge in [-0.3, -0.25) is 9.59 Å². The Hall–Kier alpha value is -2.14. The van der Waals surface area contributed by atoms with Crippen molar-refractivity contribution in [2.75, 3.05) is 18.4 Å². The fourth-order valence-corrected chi connectivity index (χ4v) is 9.69. The number of hydrogen-bond donors (Lipinski definition) is 2. The van der Waals surface area contributed by atoms with Crippen LogP contribution >= 0.6 is 0 Å². The average Bonchev–Trinajstić information content (AvgIpc) is 2.77. The van der Waals surface area contributed by atoms with Gasteiger partial charge >= 0.3 is 0 Å². The number of rotatable bonds is 5. The summed E-state index contributed by atoms with van der Waals surface area (Å²) in [5.41, 5.74) is 1.78. The number of anilines is 1. The molecule has 188 valence electrons. The largest absolute Gasteiger partial charge is 0.325 e. The van der Waals surface area contributed by atoms with Crippen LogP contribution in [0, 0.1) is 28.1 Å². The van der Waals surface area contributed by atoms with Gasteiger partial charge in [0.25, 0.3) is 5.56 Å². The van der Waals surface area contributed by atoms with E-state index < -0.39 is 0 Å². The molecular weight excluding hydrogens is 434 g/mol. The summed E-state index contributed by atoms with van der Waals surface area (Å²) >= 11 is 0. The third kappa shape index (κ3) is 4.14. The quantitative estimate of drug-likeness (QED) is 0.567. The van der Waals surface area contributed by atoms with Crippen molar-refractivity contribution in [3.05, 3.63) is 40.8 Å². The zero-order chi connectivity index (χ0) is 24.4. The van der Waals surface area contributed by atoms with Crippen LogP contribution in [0.4, 0.5) is 5.69 Å². The summed E-state index contributed by atoms with van der Waals surface area (Å²) in [5.74, 6) is 1.41. The van der Waals surface area contributed by atoms with Gasteiger partial charge in [0.15, 0.2) is 0 Å². The first-order valence-corrected chi connectivity index (χ1v) is 13.8. The number of fused-ring (bicyclic) bond motifs is 1. The van der Waals surface area contributed by atoms with E-state index in [9.17, 15) is 9.59 Å². The topological polar surface area (TPSA) is 63.1 Å². The molecule has 1 amide bonds. The molecule has 5 fully saturated rings. The molecule has 2 N–H and O–H groups in total. The minimum Gasteiger partial charge on any atom is -0.325 e. The molecule has 0 spiro atoms. The van der Waals surface area contributed by atoms with Crippen molar-refractivity contribution in [1.29, 1.82) is 0 Å². The molecule has 1 saturated heterocycles. The summed E-state index contributed by atoms with van der Waals surface area (Å²) in [7, 11) is 0. The summed E-state index contributed by atoms with van der Waals surface area (Å²) in [4.78, 5) is 26.9. The highest BCUT2D eigenvalue weighted by Crippen LogP contribution is 2.70. The fourth-order valence-electron chi connectivity index (χ4n) is 9.69. The second-order valence-corrected chi connectivity index (χ2v) is 13.5. The molecule has 5 heteroatoms. The van der Waals surface area contributed by atoms with Crippen LogP contribution in [0.5, 0.6) is 0 Å². The van der Waals surface area contributed by atoms with Crippen molar-refractivity contribution in [2.24, 2.45) is 28.1 Å². The summed E-state index contributed by atoms with van der Waals surface area (Å²) in [6, 6.07) is 7.95. The highest BCUT2D eigenvalue weighted by Gasteiger charge is 2.60. The minimum absolute atomic E-state index is 0.0477. The Morgan fingerprint density at radius 1 is 1.06 bits per heavy atom. The molecule has 0 radical (unpaired) electrons. The number of carbonyl (C=O) groups excluding carboxylic acids is 1. The maximum absolute atomic E-state index is 13.5. The SMILES string of the molecule is CC(C1CCNCC1)n1ccc2c(NC(=O)CC34CC5CC(C)(CC(C)(C5)C3)C4)cccc2c1=O. The standard InChI is InChI=1S/C30H41N3O2/c1-20(22-7-10-31-11-8-22)33-12-9-23-24(27(33)35)5-4-6-25(23)32-26(34)16-30-15-21-13-28(2,18-30)17-29(3,14-21)19-30/h4-6,9,12,20-22,31H,7-8,10-11,13-19H2,1-3H3,(H,32,34). The predicted octanol–water partition coefficient (Wildman–Crippen LogP) is 5.89. The van der Waals surface area contributed by atoms with Gasteiger partial charge in [-0.15, -0.1) is 0 Å². The number of aromatic nitrogens is 1. The second kappa shape index (κ2) is 8.19. The molecule has 4 aliphatic carbocycles. The first kappa shape index (κ1) is 23.3. The zero-order valence-electron chi connectivity index (χ0n) is 21.7. The maximum Gasteiger partial charge on any atom is 0.258 e. The fraction of sp³-hybridized carbons (Fsp3) is 0.667. The lowest BCUT2D eigenvalue weighted by Crippen LogP contribution is -2.55. The van der Waals surface area contributed by atoms with E-state index >= 15 is 0 Å². The molecule has 5 aliphatic rings. The van der Waals surface area contributed by atoms with Gasteiger partial charge in [0, 0.05) is 35.1 Å². The van der Waals surface area contributed by atoms with Gasteiger partial charge < -0.3 is 15.2 Å². The van der Waals surface area contributed by atoms with Crippen molar-refractivity contribution >= 4 is 22.4 Å². The number of nitrogens with zero attached hydrogens (tertiary/aromatic N) is 1. The van der Waals surface area contributed by atoms with Gasteiger partial charge in [0.1, 0.15) is 0 Å². The molecular formula is C30H41N3O2. The van der Waals surface area contributed by atoms with Gasteiger partial charge in [-0.2, -0.15) is 0 Å². The molecule has 4 bridgehead atoms. The van der Waals surface area contributed by atoms with Crippen LogP contribution in [0.3, 0.4) is 0 Å². The number of benzene rings is 1. The van der Waals surface area contributed by atoms with Gasteiger partial charge in [0.05, 0.1) is 0 Å². The summed E-state index contributed by atoms with van der Waals surface area (Å²) in [5, 5.41) is 8.19. The molecule has 3 atom stereocenters. The lowest BCUT2D eigenvalue weighted by Gasteiger charge is -2.65. The third-order valence-electron chi connectivity index (χ3n) is 10.0. The molecule has 1 aromatic heterocycles. The average molecular weight is 476 g/mol. The summed E-state index contributed by atoms with van der Waals surface area (Å²) in [6.45, 7) is 9.13. The van der Waals surface area contributed by atoms with E-state index in [1.165, 1.54) is 38.5 Å². The molecule has 35 heavy (non-hydrogen) atoms. The van der Waals surface area contributed by atoms with Crippen molar-refractivity contribution in [1.82, 2.24) is 9.88 Å². The van der Waals surface area contributed by atoms with Crippen LogP contribution in [0.15, 0.2) is 35.3 Å². The Balaban J connectivity index is 1.23. The van der Waals surface area contributed by atoms with Gasteiger partial charge in [-0.05, 0) is 118 Å². The number of hydrogen-bond acceptors (Lipinski definition) is 3. The molecule has 3 unspecified atom stereocenters. The number of pyridine rings is 1. The Labute approximate surface area is 209 Å². The minimum atomic E-state index is 0.0477. The van der Waals surface area contributed by atoms with Crippen molar-refractivity contribution < 1.29 is 4.79 Å². The van der Waals surface area contributed by atoms with Crippen LogP contribution in [0.25, 0.3) is 10.8 Å². The molecule has 4 saturated carbocycles. The van der Waals surface area contributed by atoms with Crippen molar-refractivity contribution in [2.45, 2.75) is 84.6 Å². The zero-order valence-corrected chi connectivity index (χ0v) is 21.7. The first-order valence-electron chi connectivity index (χ1n) is 13.8. The van der Waals surface area contributed by atoms with Gasteiger partial charge in [-0.25, -0.2) is 0 Å². The van der Waals surface area contributed by atoms with Crippen LogP contribution in [0.2, 0.25) is 0 Å². The van der Waals surface area contributed by atoms with Gasteiger partial charge in [0.2, 0.25) is 5.91 Å². The van der Waals surface area contributed by atoms with E-state index in [4.69, 9.17) is 0 Å². The number of amides is 1. The van der Waals surface area contributed by atoms with Crippen LogP contribution in [-0.2, 0) is 4.79 Å². The van der Waals surface area contributed by atoms with Crippen LogP contribution < -0.4 is 16.2 Å². The van der Waals surface area contributed by atoms with Crippen molar-refractivity contribution in [3.63, 3.8) is 0 Å². The predicted molar refractivity (Wildman–Crippen MR) is 142 cm³/mol. The number of nitrogens with one attached hydrogen (secondary N) is 2. The Morgan fingerprint density at radius 3 is 2.46 bits per heavy atom. The molecule has 2 heterocycles. The number of carbonyl (C=O) groups is 1. The molecule has 1 aliphatic heterocycles. The number of piperidine rings is 1. The Bertz CT molecular complexity index is 1190. The summed E-state index contributed by atoms with van der Waals surface area (Å²) < 4.78 is 1.90. The smallest absolute Gasteiger partial charge is 0.258 e.